The molecule has 2 aromatic carbocycles. The van der Waals surface area contributed by atoms with E-state index >= 15 is 0 Å². The fourth-order valence-electron chi connectivity index (χ4n) is 4.86. The van der Waals surface area contributed by atoms with E-state index in [1.54, 1.807) is 11.8 Å². The maximum atomic E-state index is 11.2. The van der Waals surface area contributed by atoms with Gasteiger partial charge in [0.05, 0.1) is 6.61 Å². The summed E-state index contributed by atoms with van der Waals surface area (Å²) in [7, 11) is 3.19. The molecule has 1 spiro atoms. The van der Waals surface area contributed by atoms with Gasteiger partial charge in [-0.3, -0.25) is 4.79 Å². The molecule has 0 aliphatic carbocycles. The van der Waals surface area contributed by atoms with Gasteiger partial charge in [0.15, 0.2) is 0 Å². The number of ether oxygens (including phenoxy) is 1. The van der Waals surface area contributed by atoms with Crippen molar-refractivity contribution in [1.29, 1.82) is 0 Å². The molecule has 40 heavy (non-hydrogen) atoms. The first kappa shape index (κ1) is 35.6. The molecule has 0 aromatic heterocycles. The van der Waals surface area contributed by atoms with Gasteiger partial charge in [0, 0.05) is 24.6 Å². The van der Waals surface area contributed by atoms with E-state index in [4.69, 9.17) is 15.6 Å². The summed E-state index contributed by atoms with van der Waals surface area (Å²) in [6, 6.07) is 14.8. The summed E-state index contributed by atoms with van der Waals surface area (Å²) in [5, 5.41) is 7.00. The smallest absolute Gasteiger partial charge is 0.146 e. The van der Waals surface area contributed by atoms with Crippen LogP contribution >= 0.6 is 11.8 Å². The van der Waals surface area contributed by atoms with Crippen molar-refractivity contribution >= 4 is 23.6 Å². The highest BCUT2D eigenvalue weighted by Gasteiger charge is 2.42. The number of aryl methyl sites for hydroxylation is 1. The van der Waals surface area contributed by atoms with Crippen LogP contribution in [-0.2, 0) is 16.8 Å². The van der Waals surface area contributed by atoms with Gasteiger partial charge in [-0.15, -0.1) is 0 Å². The molecule has 2 aliphatic rings. The van der Waals surface area contributed by atoms with E-state index in [9.17, 15) is 4.79 Å². The van der Waals surface area contributed by atoms with E-state index in [2.05, 4.69) is 75.2 Å². The van der Waals surface area contributed by atoms with Crippen LogP contribution in [0.5, 0.6) is 5.75 Å². The van der Waals surface area contributed by atoms with Crippen LogP contribution in [0.3, 0.4) is 0 Å². The predicted octanol–water partition coefficient (Wildman–Crippen LogP) is 6.66. The number of piperidine rings is 1. The number of likely N-dealkylation sites (tertiary alicyclic amines) is 1. The van der Waals surface area contributed by atoms with Crippen molar-refractivity contribution in [3.05, 3.63) is 82.4 Å². The highest BCUT2D eigenvalue weighted by atomic mass is 32.2. The van der Waals surface area contributed by atoms with Gasteiger partial charge in [0.1, 0.15) is 12.0 Å². The molecule has 5 nitrogen and oxygen atoms in total. The van der Waals surface area contributed by atoms with Crippen molar-refractivity contribution in [2.75, 3.05) is 46.4 Å². The zero-order valence-corrected chi connectivity index (χ0v) is 26.8. The van der Waals surface area contributed by atoms with Gasteiger partial charge in [-0.2, -0.15) is 11.8 Å². The highest BCUT2D eigenvalue weighted by molar-refractivity contribution is 7.97. The molecule has 6 heteroatoms. The number of aldehydes is 1. The van der Waals surface area contributed by atoms with Crippen LogP contribution in [0.15, 0.2) is 60.2 Å². The summed E-state index contributed by atoms with van der Waals surface area (Å²) in [4.78, 5) is 13.6. The Morgan fingerprint density at radius 1 is 1.18 bits per heavy atom. The summed E-state index contributed by atoms with van der Waals surface area (Å²) in [6.07, 6.45) is 12.5. The number of fused-ring (bicyclic) bond motifs is 2. The molecule has 1 fully saturated rings. The van der Waals surface area contributed by atoms with Crippen LogP contribution in [0.2, 0.25) is 0 Å². The number of nitrogens with two attached hydrogens (primary N) is 1. The topological polar surface area (TPSA) is 75.8 Å². The molecule has 0 bridgehead atoms. The molecule has 222 valence electrons. The summed E-state index contributed by atoms with van der Waals surface area (Å²) in [6.45, 7) is 12.1. The zero-order chi connectivity index (χ0) is 30.1. The molecule has 0 saturated carbocycles. The van der Waals surface area contributed by atoms with E-state index in [-0.39, 0.29) is 5.41 Å². The molecule has 1 saturated heterocycles. The van der Waals surface area contributed by atoms with E-state index < -0.39 is 0 Å². The van der Waals surface area contributed by atoms with Crippen molar-refractivity contribution in [2.24, 2.45) is 11.7 Å². The minimum absolute atomic E-state index is 0.257. The number of nitrogens with zero attached hydrogens (tertiary/aromatic N) is 1. The van der Waals surface area contributed by atoms with Crippen LogP contribution < -0.4 is 10.5 Å². The Labute approximate surface area is 247 Å². The minimum atomic E-state index is 0.257. The summed E-state index contributed by atoms with van der Waals surface area (Å²) in [5.41, 5.74) is 13.0. The molecular formula is C34H52N2O3S. The number of hydrogen-bond acceptors (Lipinski definition) is 6. The number of hydrogen-bond donors (Lipinski definition) is 2. The number of carbonyl (C=O) groups is 1. The Hall–Kier alpha value is -2.38. The van der Waals surface area contributed by atoms with Crippen molar-refractivity contribution < 1.29 is 14.6 Å². The fourth-order valence-corrected chi connectivity index (χ4v) is 4.86. The molecule has 2 heterocycles. The lowest BCUT2D eigenvalue weighted by Crippen LogP contribution is -2.41. The van der Waals surface area contributed by atoms with Crippen molar-refractivity contribution in [2.45, 2.75) is 58.9 Å². The number of allylic oxidation sites excluding steroid dienone is 4. The Bertz CT molecular complexity index is 1090. The maximum absolute atomic E-state index is 11.2. The highest BCUT2D eigenvalue weighted by Crippen LogP contribution is 2.45. The van der Waals surface area contributed by atoms with E-state index in [0.29, 0.717) is 12.5 Å². The van der Waals surface area contributed by atoms with E-state index in [0.717, 1.165) is 56.4 Å². The van der Waals surface area contributed by atoms with E-state index in [1.165, 1.54) is 35.1 Å². The lowest BCUT2D eigenvalue weighted by atomic mass is 9.74. The number of thioether (sulfide) groups is 1. The number of benzene rings is 2. The molecule has 1 atom stereocenters. The lowest BCUT2D eigenvalue weighted by molar-refractivity contribution is -0.105. The van der Waals surface area contributed by atoms with Gasteiger partial charge >= 0.3 is 0 Å². The lowest BCUT2D eigenvalue weighted by Gasteiger charge is -2.36. The largest absolute Gasteiger partial charge is 0.492 e. The van der Waals surface area contributed by atoms with Gasteiger partial charge in [-0.05, 0) is 106 Å². The Kier molecular flexibility index (Phi) is 16.8. The Morgan fingerprint density at radius 3 is 2.35 bits per heavy atom. The van der Waals surface area contributed by atoms with Gasteiger partial charge < -0.3 is 20.5 Å². The van der Waals surface area contributed by atoms with Crippen molar-refractivity contribution in [3.8, 4) is 5.75 Å². The Morgan fingerprint density at radius 2 is 1.82 bits per heavy atom. The average molecular weight is 569 g/mol. The van der Waals surface area contributed by atoms with E-state index in [1.807, 2.05) is 31.6 Å². The summed E-state index contributed by atoms with van der Waals surface area (Å²) in [5.74, 6) is 1.38. The van der Waals surface area contributed by atoms with Crippen LogP contribution in [0.4, 0.5) is 0 Å². The molecule has 0 radical (unpaired) electrons. The first-order valence-corrected chi connectivity index (χ1v) is 15.8. The first-order valence-electron chi connectivity index (χ1n) is 14.2. The second-order valence-electron chi connectivity index (χ2n) is 10.5. The van der Waals surface area contributed by atoms with Gasteiger partial charge in [0.25, 0.3) is 0 Å². The normalized spacial score (nSPS) is 16.6. The minimum Gasteiger partial charge on any atom is -0.492 e. The van der Waals surface area contributed by atoms with Crippen LogP contribution in [-0.4, -0.2) is 62.7 Å². The molecule has 0 amide bonds. The zero-order valence-electron chi connectivity index (χ0n) is 26.0. The van der Waals surface area contributed by atoms with Gasteiger partial charge in [-0.1, -0.05) is 61.9 Å². The van der Waals surface area contributed by atoms with Crippen LogP contribution in [0.1, 0.15) is 62.3 Å². The average Bonchev–Trinajstić information content (AvgIpc) is 3.33. The third-order valence-electron chi connectivity index (χ3n) is 7.60. The number of aliphatic hydroxyl groups excluding tert-OH is 1. The third-order valence-corrected chi connectivity index (χ3v) is 7.60. The number of rotatable bonds is 6. The monoisotopic (exact) mass is 568 g/mol. The molecule has 4 rings (SSSR count). The molecule has 2 aromatic rings. The standard InChI is InChI=1S/C17H22O.C14H20N2O.C2H6S.CH4O/c1-5-14(4)17(12-18)11-15(6-2)16-9-7-8-13(3)10-16;1-16-6-4-14(5-7-16)10-17-13-3-2-11(9-15)8-12(13)14;1-3-2;1-2/h6-12,14H,5H2,1-4H3;2-3,8H,4-7,9-10,15H2,1H3;1-2H3;2H,1H3/b15-6+,17-11-;;;. The fraction of sp³-hybridized carbons (Fsp3) is 0.500. The molecule has 2 aliphatic heterocycles. The third kappa shape index (κ3) is 10.2. The van der Waals surface area contributed by atoms with Crippen molar-refractivity contribution in [3.63, 3.8) is 0 Å². The number of aliphatic hydroxyl groups is 1. The van der Waals surface area contributed by atoms with Crippen LogP contribution in [0.25, 0.3) is 5.57 Å². The van der Waals surface area contributed by atoms with Gasteiger partial charge in [-0.25, -0.2) is 0 Å². The molecule has 3 N–H and O–H groups in total. The molecular weight excluding hydrogens is 516 g/mol. The second-order valence-corrected chi connectivity index (χ2v) is 11.3. The van der Waals surface area contributed by atoms with Crippen molar-refractivity contribution in [1.82, 2.24) is 4.90 Å². The van der Waals surface area contributed by atoms with Crippen LogP contribution in [0, 0.1) is 12.8 Å². The van der Waals surface area contributed by atoms with Gasteiger partial charge in [0.2, 0.25) is 0 Å². The second kappa shape index (κ2) is 18.9. The quantitative estimate of drug-likeness (QED) is 0.231. The first-order chi connectivity index (χ1) is 19.3. The summed E-state index contributed by atoms with van der Waals surface area (Å²) < 4.78 is 5.87. The molecule has 1 unspecified atom stereocenters. The predicted molar refractivity (Wildman–Crippen MR) is 174 cm³/mol. The SMILES string of the molecule is C/C=C(\C=C(\C=O)C(C)CC)c1cccc(C)c1.CN1CCC2(CC1)COc1ccc(CN)cc12.CO.CSC. The Balaban J connectivity index is 0.000000345. The maximum Gasteiger partial charge on any atom is 0.146 e. The number of carbonyl (C=O) groups excluding carboxylic acids is 1. The summed E-state index contributed by atoms with van der Waals surface area (Å²) >= 11 is 1.75.